The molecule has 2 aliphatic rings. The first-order chi connectivity index (χ1) is 17.1. The quantitative estimate of drug-likeness (QED) is 0.502. The van der Waals surface area contributed by atoms with Gasteiger partial charge in [0.2, 0.25) is 11.8 Å². The Morgan fingerprint density at radius 1 is 1.11 bits per heavy atom. The largest absolute Gasteiger partial charge is 0.481 e. The summed E-state index contributed by atoms with van der Waals surface area (Å²) in [6.45, 7) is 2.91. The van der Waals surface area contributed by atoms with Gasteiger partial charge in [-0.2, -0.15) is 4.98 Å². The van der Waals surface area contributed by atoms with E-state index in [9.17, 15) is 4.79 Å². The standard InChI is InChI=1S/C25H30N6O4/c26-22(32)16-34-20-14-27-25(28-15-20)29-18-5-7-19(8-6-18)35-24-21-4-2-1-3-17(21)13-23(30-24)31-9-11-33-12-10-31/h1-4,13-15,18-19H,5-12,16H2,(H2,26,32)(H,27,28,29). The van der Waals surface area contributed by atoms with E-state index in [0.717, 1.165) is 55.4 Å². The topological polar surface area (TPSA) is 125 Å². The third kappa shape index (κ3) is 5.89. The summed E-state index contributed by atoms with van der Waals surface area (Å²) in [5.74, 6) is 2.05. The molecule has 10 heteroatoms. The summed E-state index contributed by atoms with van der Waals surface area (Å²) in [5, 5.41) is 5.55. The van der Waals surface area contributed by atoms with Gasteiger partial charge in [0, 0.05) is 24.5 Å². The van der Waals surface area contributed by atoms with E-state index < -0.39 is 5.91 Å². The molecule has 2 fully saturated rings. The number of carbonyl (C=O) groups excluding carboxylic acids is 1. The predicted octanol–water partition coefficient (Wildman–Crippen LogP) is 2.53. The van der Waals surface area contributed by atoms with E-state index in [0.29, 0.717) is 30.8 Å². The van der Waals surface area contributed by atoms with E-state index in [1.54, 1.807) is 0 Å². The van der Waals surface area contributed by atoms with Gasteiger partial charge < -0.3 is 30.2 Å². The second kappa shape index (κ2) is 10.7. The maximum atomic E-state index is 10.8. The minimum atomic E-state index is -0.540. The van der Waals surface area contributed by atoms with Crippen LogP contribution in [0.15, 0.2) is 42.7 Å². The van der Waals surface area contributed by atoms with Crippen LogP contribution < -0.4 is 25.4 Å². The molecule has 1 saturated carbocycles. The lowest BCUT2D eigenvalue weighted by molar-refractivity contribution is -0.119. The number of benzene rings is 1. The molecular formula is C25H30N6O4. The number of carbonyl (C=O) groups is 1. The lowest BCUT2D eigenvalue weighted by atomic mass is 9.93. The Morgan fingerprint density at radius 2 is 1.86 bits per heavy atom. The zero-order valence-corrected chi connectivity index (χ0v) is 19.6. The van der Waals surface area contributed by atoms with Gasteiger partial charge in [-0.3, -0.25) is 4.79 Å². The fourth-order valence-corrected chi connectivity index (χ4v) is 4.48. The molecule has 0 radical (unpaired) electrons. The summed E-state index contributed by atoms with van der Waals surface area (Å²) in [5.41, 5.74) is 5.08. The highest BCUT2D eigenvalue weighted by atomic mass is 16.5. The molecule has 5 rings (SSSR count). The molecule has 3 heterocycles. The molecule has 0 unspecified atom stereocenters. The molecule has 1 aliphatic heterocycles. The smallest absolute Gasteiger partial charge is 0.255 e. The van der Waals surface area contributed by atoms with Crippen LogP contribution in [0.3, 0.4) is 0 Å². The van der Waals surface area contributed by atoms with Crippen LogP contribution in [0.25, 0.3) is 10.8 Å². The van der Waals surface area contributed by atoms with E-state index in [1.165, 1.54) is 12.4 Å². The Bertz CT molecular complexity index is 1140. The number of nitrogens with two attached hydrogens (primary N) is 1. The number of primary amides is 1. The number of ether oxygens (including phenoxy) is 3. The number of hydrogen-bond acceptors (Lipinski definition) is 9. The lowest BCUT2D eigenvalue weighted by Gasteiger charge is -2.31. The number of pyridine rings is 1. The van der Waals surface area contributed by atoms with Gasteiger partial charge in [0.05, 0.1) is 25.6 Å². The Morgan fingerprint density at radius 3 is 2.60 bits per heavy atom. The molecule has 10 nitrogen and oxygen atoms in total. The first-order valence-electron chi connectivity index (χ1n) is 12.0. The molecule has 184 valence electrons. The van der Waals surface area contributed by atoms with Gasteiger partial charge >= 0.3 is 0 Å². The monoisotopic (exact) mass is 478 g/mol. The lowest BCUT2D eigenvalue weighted by Crippen LogP contribution is -2.37. The van der Waals surface area contributed by atoms with Crippen LogP contribution >= 0.6 is 0 Å². The van der Waals surface area contributed by atoms with Crippen molar-refractivity contribution in [2.24, 2.45) is 5.73 Å². The molecule has 2 aromatic heterocycles. The second-order valence-electron chi connectivity index (χ2n) is 8.84. The molecule has 3 aromatic rings. The minimum absolute atomic E-state index is 0.106. The number of amides is 1. The van der Waals surface area contributed by atoms with Crippen LogP contribution in [-0.2, 0) is 9.53 Å². The van der Waals surface area contributed by atoms with Crippen molar-refractivity contribution in [3.63, 3.8) is 0 Å². The normalized spacial score (nSPS) is 20.4. The van der Waals surface area contributed by atoms with Gasteiger partial charge in [0.1, 0.15) is 11.9 Å². The summed E-state index contributed by atoms with van der Waals surface area (Å²) in [6.07, 6.45) is 6.87. The highest BCUT2D eigenvalue weighted by Gasteiger charge is 2.25. The summed E-state index contributed by atoms with van der Waals surface area (Å²) in [4.78, 5) is 26.5. The van der Waals surface area contributed by atoms with Crippen LogP contribution in [0, 0.1) is 0 Å². The summed E-state index contributed by atoms with van der Waals surface area (Å²) >= 11 is 0. The molecule has 0 spiro atoms. The Kier molecular flexibility index (Phi) is 7.08. The third-order valence-corrected chi connectivity index (χ3v) is 6.32. The Labute approximate surface area is 203 Å². The highest BCUT2D eigenvalue weighted by molar-refractivity contribution is 5.89. The van der Waals surface area contributed by atoms with Crippen molar-refractivity contribution in [3.8, 4) is 11.6 Å². The fraction of sp³-hybridized carbons (Fsp3) is 0.440. The predicted molar refractivity (Wildman–Crippen MR) is 132 cm³/mol. The van der Waals surface area contributed by atoms with Crippen LogP contribution in [0.2, 0.25) is 0 Å². The van der Waals surface area contributed by atoms with E-state index in [-0.39, 0.29) is 18.8 Å². The van der Waals surface area contributed by atoms with Gasteiger partial charge in [0.15, 0.2) is 12.4 Å². The molecule has 1 saturated heterocycles. The Balaban J connectivity index is 1.19. The number of fused-ring (bicyclic) bond motifs is 1. The van der Waals surface area contributed by atoms with Crippen LogP contribution in [0.5, 0.6) is 11.6 Å². The molecule has 1 aliphatic carbocycles. The van der Waals surface area contributed by atoms with E-state index in [4.69, 9.17) is 24.9 Å². The van der Waals surface area contributed by atoms with E-state index in [1.807, 2.05) is 12.1 Å². The number of nitrogens with zero attached hydrogens (tertiary/aromatic N) is 4. The maximum absolute atomic E-state index is 10.8. The average molecular weight is 479 g/mol. The van der Waals surface area contributed by atoms with Gasteiger partial charge in [-0.15, -0.1) is 0 Å². The third-order valence-electron chi connectivity index (χ3n) is 6.32. The molecule has 1 amide bonds. The minimum Gasteiger partial charge on any atom is -0.481 e. The molecule has 0 atom stereocenters. The average Bonchev–Trinajstić information content (AvgIpc) is 2.90. The van der Waals surface area contributed by atoms with Crippen molar-refractivity contribution in [2.45, 2.75) is 37.8 Å². The van der Waals surface area contributed by atoms with Crippen molar-refractivity contribution in [2.75, 3.05) is 43.1 Å². The fourth-order valence-electron chi connectivity index (χ4n) is 4.48. The van der Waals surface area contributed by atoms with Crippen LogP contribution in [0.1, 0.15) is 25.7 Å². The molecule has 3 N–H and O–H groups in total. The molecule has 35 heavy (non-hydrogen) atoms. The van der Waals surface area contributed by atoms with E-state index >= 15 is 0 Å². The van der Waals surface area contributed by atoms with Gasteiger partial charge in [-0.25, -0.2) is 9.97 Å². The number of morpholine rings is 1. The summed E-state index contributed by atoms with van der Waals surface area (Å²) in [7, 11) is 0. The SMILES string of the molecule is NC(=O)COc1cnc(NC2CCC(Oc3nc(N4CCOCC4)cc4ccccc34)CC2)nc1. The summed E-state index contributed by atoms with van der Waals surface area (Å²) < 4.78 is 17.2. The van der Waals surface area contributed by atoms with Gasteiger partial charge in [0.25, 0.3) is 5.91 Å². The molecule has 0 bridgehead atoms. The summed E-state index contributed by atoms with van der Waals surface area (Å²) in [6, 6.07) is 10.7. The number of nitrogens with one attached hydrogen (secondary N) is 1. The van der Waals surface area contributed by atoms with E-state index in [2.05, 4.69) is 38.4 Å². The second-order valence-corrected chi connectivity index (χ2v) is 8.84. The van der Waals surface area contributed by atoms with Crippen molar-refractivity contribution < 1.29 is 19.0 Å². The number of hydrogen-bond donors (Lipinski definition) is 2. The van der Waals surface area contributed by atoms with Crippen molar-refractivity contribution in [1.29, 1.82) is 0 Å². The zero-order chi connectivity index (χ0) is 24.0. The first kappa shape index (κ1) is 23.1. The van der Waals surface area contributed by atoms with Crippen LogP contribution in [-0.4, -0.2) is 65.9 Å². The number of aromatic nitrogens is 3. The zero-order valence-electron chi connectivity index (χ0n) is 19.6. The highest BCUT2D eigenvalue weighted by Crippen LogP contribution is 2.32. The first-order valence-corrected chi connectivity index (χ1v) is 12.0. The van der Waals surface area contributed by atoms with Gasteiger partial charge in [-0.1, -0.05) is 18.2 Å². The molecular weight excluding hydrogens is 448 g/mol. The number of rotatable bonds is 8. The van der Waals surface area contributed by atoms with Gasteiger partial charge in [-0.05, 0) is 43.2 Å². The number of anilines is 2. The van der Waals surface area contributed by atoms with Crippen LogP contribution in [0.4, 0.5) is 11.8 Å². The molecule has 1 aromatic carbocycles. The van der Waals surface area contributed by atoms with Crippen molar-refractivity contribution in [1.82, 2.24) is 15.0 Å². The van der Waals surface area contributed by atoms with Crippen molar-refractivity contribution >= 4 is 28.4 Å². The maximum Gasteiger partial charge on any atom is 0.255 e. The van der Waals surface area contributed by atoms with Crippen molar-refractivity contribution in [3.05, 3.63) is 42.7 Å². The Hall–Kier alpha value is -3.66.